The van der Waals surface area contributed by atoms with E-state index in [1.165, 1.54) is 82.6 Å². The molecule has 2 aliphatic rings. The SMILES string of the molecule is C[C@@H](C[C@@H]1CCNC1)c1cccc2ccccc12.Cc1cnc(N2CC[C@@H](C[C@H](C)c3cccc4ccccc34)C2)cc1C.O=C=O. The van der Waals surface area contributed by atoms with Gasteiger partial charge >= 0.3 is 6.15 Å². The highest BCUT2D eigenvalue weighted by Gasteiger charge is 2.26. The summed E-state index contributed by atoms with van der Waals surface area (Å²) in [5.41, 5.74) is 5.61. The van der Waals surface area contributed by atoms with Crippen LogP contribution in [0.2, 0.25) is 0 Å². The van der Waals surface area contributed by atoms with Gasteiger partial charge in [-0.2, -0.15) is 9.59 Å². The average Bonchev–Trinajstić information content (AvgIpc) is 3.79. The third-order valence-electron chi connectivity index (χ3n) is 10.2. The zero-order valence-corrected chi connectivity index (χ0v) is 28.4. The summed E-state index contributed by atoms with van der Waals surface area (Å²) >= 11 is 0. The molecule has 0 spiro atoms. The monoisotopic (exact) mass is 627 g/mol. The predicted octanol–water partition coefficient (Wildman–Crippen LogP) is 9.23. The second kappa shape index (κ2) is 16.5. The summed E-state index contributed by atoms with van der Waals surface area (Å²) in [6.07, 6.45) is 7.42. The first-order valence-corrected chi connectivity index (χ1v) is 17.2. The van der Waals surface area contributed by atoms with Crippen LogP contribution in [0.1, 0.15) is 73.6 Å². The van der Waals surface area contributed by atoms with Crippen molar-refractivity contribution in [3.8, 4) is 0 Å². The van der Waals surface area contributed by atoms with Crippen LogP contribution in [0.15, 0.2) is 97.2 Å². The minimum absolute atomic E-state index is 0.250. The highest BCUT2D eigenvalue weighted by Crippen LogP contribution is 2.34. The molecule has 0 unspecified atom stereocenters. The number of hydrogen-bond acceptors (Lipinski definition) is 5. The number of fused-ring (bicyclic) bond motifs is 2. The van der Waals surface area contributed by atoms with Gasteiger partial charge in [0.05, 0.1) is 0 Å². The Hall–Kier alpha value is -4.31. The molecule has 0 radical (unpaired) electrons. The predicted molar refractivity (Wildman–Crippen MR) is 194 cm³/mol. The largest absolute Gasteiger partial charge is 0.373 e. The molecule has 1 N–H and O–H groups in total. The molecule has 1 aromatic heterocycles. The quantitative estimate of drug-likeness (QED) is 0.195. The van der Waals surface area contributed by atoms with Crippen molar-refractivity contribution in [2.45, 2.75) is 65.2 Å². The van der Waals surface area contributed by atoms with E-state index in [0.29, 0.717) is 11.8 Å². The first kappa shape index (κ1) is 34.0. The molecule has 47 heavy (non-hydrogen) atoms. The van der Waals surface area contributed by atoms with Gasteiger partial charge < -0.3 is 10.2 Å². The first-order chi connectivity index (χ1) is 22.9. The Bertz CT molecular complexity index is 1780. The van der Waals surface area contributed by atoms with Crippen molar-refractivity contribution in [1.29, 1.82) is 0 Å². The maximum atomic E-state index is 8.12. The van der Waals surface area contributed by atoms with Crippen LogP contribution in [-0.4, -0.2) is 37.3 Å². The third-order valence-corrected chi connectivity index (χ3v) is 10.2. The number of benzene rings is 4. The zero-order valence-electron chi connectivity index (χ0n) is 28.4. The van der Waals surface area contributed by atoms with Crippen molar-refractivity contribution in [2.24, 2.45) is 11.8 Å². The molecule has 0 aliphatic carbocycles. The molecule has 5 nitrogen and oxygen atoms in total. The van der Waals surface area contributed by atoms with Crippen LogP contribution in [0.3, 0.4) is 0 Å². The molecular formula is C42H49N3O2. The number of anilines is 1. The number of rotatable bonds is 7. The molecule has 7 rings (SSSR count). The van der Waals surface area contributed by atoms with Crippen molar-refractivity contribution >= 4 is 33.5 Å². The minimum atomic E-state index is 0.250. The highest BCUT2D eigenvalue weighted by atomic mass is 16.2. The minimum Gasteiger partial charge on any atom is -0.356 e. The molecule has 3 heterocycles. The molecule has 0 saturated carbocycles. The van der Waals surface area contributed by atoms with Crippen LogP contribution in [0, 0.1) is 25.7 Å². The Morgan fingerprint density at radius 3 is 1.87 bits per heavy atom. The maximum absolute atomic E-state index is 8.12. The molecule has 5 heteroatoms. The van der Waals surface area contributed by atoms with Crippen molar-refractivity contribution < 1.29 is 9.59 Å². The number of aromatic nitrogens is 1. The van der Waals surface area contributed by atoms with E-state index < -0.39 is 0 Å². The van der Waals surface area contributed by atoms with Gasteiger partial charge in [-0.05, 0) is 126 Å². The van der Waals surface area contributed by atoms with Gasteiger partial charge in [-0.3, -0.25) is 0 Å². The second-order valence-corrected chi connectivity index (χ2v) is 13.6. The number of aryl methyl sites for hydroxylation is 2. The topological polar surface area (TPSA) is 62.3 Å². The Kier molecular flexibility index (Phi) is 11.9. The van der Waals surface area contributed by atoms with E-state index in [4.69, 9.17) is 9.59 Å². The fourth-order valence-corrected chi connectivity index (χ4v) is 7.55. The van der Waals surface area contributed by atoms with Crippen molar-refractivity contribution in [2.75, 3.05) is 31.1 Å². The van der Waals surface area contributed by atoms with Gasteiger partial charge in [-0.1, -0.05) is 98.8 Å². The van der Waals surface area contributed by atoms with E-state index >= 15 is 0 Å². The molecule has 0 amide bonds. The first-order valence-electron chi connectivity index (χ1n) is 17.2. The second-order valence-electron chi connectivity index (χ2n) is 13.6. The highest BCUT2D eigenvalue weighted by molar-refractivity contribution is 5.86. The summed E-state index contributed by atoms with van der Waals surface area (Å²) < 4.78 is 0. The molecule has 2 fully saturated rings. The summed E-state index contributed by atoms with van der Waals surface area (Å²) in [5.74, 6) is 3.99. The third kappa shape index (κ3) is 8.74. The van der Waals surface area contributed by atoms with Gasteiger partial charge in [-0.25, -0.2) is 4.98 Å². The van der Waals surface area contributed by atoms with Gasteiger partial charge in [-0.15, -0.1) is 0 Å². The number of nitrogens with zero attached hydrogens (tertiary/aromatic N) is 2. The summed E-state index contributed by atoms with van der Waals surface area (Å²) in [4.78, 5) is 23.4. The van der Waals surface area contributed by atoms with Gasteiger partial charge in [0.1, 0.15) is 5.82 Å². The Morgan fingerprint density at radius 1 is 0.766 bits per heavy atom. The Morgan fingerprint density at radius 2 is 1.32 bits per heavy atom. The zero-order chi connectivity index (χ0) is 33.2. The van der Waals surface area contributed by atoms with Crippen molar-refractivity contribution in [1.82, 2.24) is 10.3 Å². The molecule has 2 saturated heterocycles. The van der Waals surface area contributed by atoms with Gasteiger partial charge in [0.2, 0.25) is 0 Å². The van der Waals surface area contributed by atoms with E-state index in [-0.39, 0.29) is 6.15 Å². The number of carbonyl (C=O) groups excluding carboxylic acids is 2. The molecule has 5 aromatic rings. The lowest BCUT2D eigenvalue weighted by Crippen LogP contribution is -2.21. The van der Waals surface area contributed by atoms with Crippen LogP contribution in [0.25, 0.3) is 21.5 Å². The molecule has 2 aliphatic heterocycles. The van der Waals surface area contributed by atoms with E-state index in [0.717, 1.165) is 30.7 Å². The molecule has 4 atom stereocenters. The van der Waals surface area contributed by atoms with E-state index in [2.05, 4.69) is 134 Å². The van der Waals surface area contributed by atoms with E-state index in [1.807, 2.05) is 6.20 Å². The normalized spacial score (nSPS) is 18.5. The van der Waals surface area contributed by atoms with Crippen LogP contribution in [-0.2, 0) is 9.59 Å². The smallest absolute Gasteiger partial charge is 0.356 e. The van der Waals surface area contributed by atoms with Crippen LogP contribution in [0.4, 0.5) is 5.82 Å². The van der Waals surface area contributed by atoms with Crippen molar-refractivity contribution in [3.05, 3.63) is 119 Å². The molecule has 0 bridgehead atoms. The standard InChI is InChI=1S/C24H28N2.C17H21N.CO2/c1-17-14-24(25-15-19(17)3)26-12-11-20(16-26)13-18(2)22-10-6-8-21-7-4-5-9-23(21)22;1-13(11-14-9-10-18-12-14)16-8-4-6-15-5-2-3-7-17(15)16;2-1-3/h4-10,14-15,18,20H,11-13,16H2,1-3H3;2-8,13-14,18H,9-12H2,1H3;/t18-,20-;13-,14-;/m00./s1. The number of pyridine rings is 1. The average molecular weight is 628 g/mol. The van der Waals surface area contributed by atoms with Gasteiger partial charge in [0.25, 0.3) is 0 Å². The van der Waals surface area contributed by atoms with E-state index in [1.54, 1.807) is 0 Å². The Balaban J connectivity index is 0.000000180. The van der Waals surface area contributed by atoms with Gasteiger partial charge in [0, 0.05) is 19.3 Å². The van der Waals surface area contributed by atoms with Gasteiger partial charge in [0.15, 0.2) is 0 Å². The number of nitrogens with one attached hydrogen (secondary N) is 1. The summed E-state index contributed by atoms with van der Waals surface area (Å²) in [6.45, 7) is 13.7. The lowest BCUT2D eigenvalue weighted by molar-refractivity contribution is -0.191. The molecule has 244 valence electrons. The summed E-state index contributed by atoms with van der Waals surface area (Å²) in [6, 6.07) is 33.2. The van der Waals surface area contributed by atoms with Crippen molar-refractivity contribution in [3.63, 3.8) is 0 Å². The maximum Gasteiger partial charge on any atom is 0.373 e. The van der Waals surface area contributed by atoms with Crippen LogP contribution in [0.5, 0.6) is 0 Å². The van der Waals surface area contributed by atoms with E-state index in [9.17, 15) is 0 Å². The fraction of sp³-hybridized carbons (Fsp3) is 0.381. The lowest BCUT2D eigenvalue weighted by atomic mass is 9.87. The summed E-state index contributed by atoms with van der Waals surface area (Å²) in [7, 11) is 0. The summed E-state index contributed by atoms with van der Waals surface area (Å²) in [5, 5.41) is 9.02. The van der Waals surface area contributed by atoms with Crippen LogP contribution >= 0.6 is 0 Å². The number of hydrogen-bond donors (Lipinski definition) is 1. The fourth-order valence-electron chi connectivity index (χ4n) is 7.55. The molecule has 4 aromatic carbocycles. The molecular weight excluding hydrogens is 578 g/mol. The van der Waals surface area contributed by atoms with Crippen LogP contribution < -0.4 is 10.2 Å². The lowest BCUT2D eigenvalue weighted by Gasteiger charge is -2.21. The Labute approximate surface area is 280 Å².